The molecule has 1 N–H and O–H groups in total. The zero-order chi connectivity index (χ0) is 18.1. The van der Waals surface area contributed by atoms with Gasteiger partial charge in [-0.05, 0) is 40.5 Å². The van der Waals surface area contributed by atoms with Crippen LogP contribution < -0.4 is 4.90 Å². The number of rotatable bonds is 3. The largest absolute Gasteiger partial charge is 0.477 e. The monoisotopic (exact) mass is 355 g/mol. The third kappa shape index (κ3) is 4.37. The molecule has 1 aromatic rings. The lowest BCUT2D eigenvalue weighted by atomic mass is 10.0. The van der Waals surface area contributed by atoms with E-state index < -0.39 is 11.6 Å². The van der Waals surface area contributed by atoms with E-state index >= 15 is 0 Å². The number of aromatic nitrogens is 1. The van der Waals surface area contributed by atoms with Crippen LogP contribution in [0, 0.1) is 6.92 Å². The van der Waals surface area contributed by atoms with E-state index in [1.165, 1.54) is 11.3 Å². The molecule has 0 atom stereocenters. The van der Waals surface area contributed by atoms with E-state index in [9.17, 15) is 9.59 Å². The molecule has 0 spiro atoms. The minimum Gasteiger partial charge on any atom is -0.477 e. The topological polar surface area (TPSA) is 83.0 Å². The lowest BCUT2D eigenvalue weighted by molar-refractivity contribution is 0.0200. The van der Waals surface area contributed by atoms with Gasteiger partial charge in [-0.1, -0.05) is 11.3 Å². The molecule has 0 bridgehead atoms. The molecular weight excluding hydrogens is 330 g/mol. The van der Waals surface area contributed by atoms with Crippen LogP contribution in [0.15, 0.2) is 0 Å². The van der Waals surface area contributed by atoms with Gasteiger partial charge in [0.15, 0.2) is 5.13 Å². The number of hydrogen-bond donors (Lipinski definition) is 1. The molecule has 2 heterocycles. The number of thiazole rings is 1. The fraction of sp³-hybridized carbons (Fsp3) is 0.688. The van der Waals surface area contributed by atoms with Crippen molar-refractivity contribution in [3.8, 4) is 0 Å². The predicted octanol–water partition coefficient (Wildman–Crippen LogP) is 2.99. The third-order valence-corrected chi connectivity index (χ3v) is 5.15. The number of hydrogen-bond acceptors (Lipinski definition) is 6. The van der Waals surface area contributed by atoms with Gasteiger partial charge in [-0.25, -0.2) is 14.6 Å². The van der Waals surface area contributed by atoms with Crippen molar-refractivity contribution in [3.63, 3.8) is 0 Å². The highest BCUT2D eigenvalue weighted by Crippen LogP contribution is 2.29. The van der Waals surface area contributed by atoms with Gasteiger partial charge in [-0.15, -0.1) is 0 Å². The van der Waals surface area contributed by atoms with Crippen molar-refractivity contribution in [2.75, 3.05) is 25.0 Å². The zero-order valence-corrected chi connectivity index (χ0v) is 15.6. The Labute approximate surface area is 146 Å². The van der Waals surface area contributed by atoms with E-state index in [0.717, 1.165) is 31.1 Å². The van der Waals surface area contributed by atoms with Gasteiger partial charge in [0.2, 0.25) is 0 Å². The highest BCUT2D eigenvalue weighted by atomic mass is 32.1. The Morgan fingerprint density at radius 3 is 2.38 bits per heavy atom. The first-order valence-corrected chi connectivity index (χ1v) is 8.81. The highest BCUT2D eigenvalue weighted by molar-refractivity contribution is 7.17. The molecule has 1 fully saturated rings. The Morgan fingerprint density at radius 1 is 1.33 bits per heavy atom. The molecule has 134 valence electrons. The summed E-state index contributed by atoms with van der Waals surface area (Å²) in [5.41, 5.74) is 0.0491. The number of ether oxygens (including phenoxy) is 1. The first kappa shape index (κ1) is 18.5. The Morgan fingerprint density at radius 2 is 1.92 bits per heavy atom. The Bertz CT molecular complexity index is 615. The summed E-state index contributed by atoms with van der Waals surface area (Å²) in [6, 6.07) is 0.121. The molecule has 7 nitrogen and oxygen atoms in total. The molecule has 1 aromatic heterocycles. The second-order valence-electron chi connectivity index (χ2n) is 7.03. The second-order valence-corrected chi connectivity index (χ2v) is 8.00. The minimum absolute atomic E-state index is 0.121. The van der Waals surface area contributed by atoms with Crippen molar-refractivity contribution < 1.29 is 19.4 Å². The summed E-state index contributed by atoms with van der Waals surface area (Å²) in [4.78, 5) is 31.7. The summed E-state index contributed by atoms with van der Waals surface area (Å²) in [7, 11) is 1.77. The summed E-state index contributed by atoms with van der Waals surface area (Å²) in [6.07, 6.45) is 1.30. The first-order chi connectivity index (χ1) is 11.1. The zero-order valence-electron chi connectivity index (χ0n) is 14.8. The van der Waals surface area contributed by atoms with E-state index in [0.29, 0.717) is 5.69 Å². The maximum absolute atomic E-state index is 12.1. The Balaban J connectivity index is 1.95. The number of carboxylic acid groups (broad SMARTS) is 1. The number of aryl methyl sites for hydroxylation is 1. The van der Waals surface area contributed by atoms with Gasteiger partial charge in [0, 0.05) is 26.2 Å². The SMILES string of the molecule is Cc1nc(N2CCC(N(C)C(=O)OC(C)(C)C)CC2)sc1C(=O)O. The van der Waals surface area contributed by atoms with Crippen LogP contribution in [0.4, 0.5) is 9.93 Å². The van der Waals surface area contributed by atoms with E-state index in [-0.39, 0.29) is 17.0 Å². The van der Waals surface area contributed by atoms with Crippen molar-refractivity contribution in [3.05, 3.63) is 10.6 Å². The summed E-state index contributed by atoms with van der Waals surface area (Å²) in [5.74, 6) is -0.934. The second kappa shape index (κ2) is 6.96. The standard InChI is InChI=1S/C16H25N3O4S/c1-10-12(13(20)21)24-14(17-10)19-8-6-11(7-9-19)18(5)15(22)23-16(2,3)4/h11H,6-9H2,1-5H3,(H,20,21). The smallest absolute Gasteiger partial charge is 0.410 e. The van der Waals surface area contributed by atoms with Crippen LogP contribution in [-0.2, 0) is 4.74 Å². The lowest BCUT2D eigenvalue weighted by Gasteiger charge is -2.37. The van der Waals surface area contributed by atoms with E-state index in [1.807, 2.05) is 20.8 Å². The molecular formula is C16H25N3O4S. The third-order valence-electron chi connectivity index (χ3n) is 3.94. The summed E-state index contributed by atoms with van der Waals surface area (Å²) in [6.45, 7) is 8.75. The number of carboxylic acids is 1. The Kier molecular flexibility index (Phi) is 5.37. The molecule has 1 aliphatic heterocycles. The molecule has 0 aromatic carbocycles. The molecule has 24 heavy (non-hydrogen) atoms. The van der Waals surface area contributed by atoms with Crippen LogP contribution in [0.5, 0.6) is 0 Å². The maximum Gasteiger partial charge on any atom is 0.410 e. The Hall–Kier alpha value is -1.83. The number of amides is 1. The van der Waals surface area contributed by atoms with E-state index in [4.69, 9.17) is 9.84 Å². The van der Waals surface area contributed by atoms with Gasteiger partial charge in [0.1, 0.15) is 10.5 Å². The number of anilines is 1. The predicted molar refractivity (Wildman–Crippen MR) is 93.0 cm³/mol. The fourth-order valence-corrected chi connectivity index (χ4v) is 3.60. The van der Waals surface area contributed by atoms with Gasteiger partial charge < -0.3 is 19.6 Å². The summed E-state index contributed by atoms with van der Waals surface area (Å²) >= 11 is 1.21. The fourth-order valence-electron chi connectivity index (χ4n) is 2.64. The average molecular weight is 355 g/mol. The van der Waals surface area contributed by atoms with Crippen molar-refractivity contribution >= 4 is 28.5 Å². The average Bonchev–Trinajstić information content (AvgIpc) is 2.87. The van der Waals surface area contributed by atoms with Crippen LogP contribution in [0.2, 0.25) is 0 Å². The molecule has 1 saturated heterocycles. The molecule has 1 aliphatic rings. The molecule has 0 aliphatic carbocycles. The van der Waals surface area contributed by atoms with Gasteiger partial charge in [0.05, 0.1) is 5.69 Å². The molecule has 0 unspecified atom stereocenters. The van der Waals surface area contributed by atoms with Gasteiger partial charge in [0.25, 0.3) is 0 Å². The lowest BCUT2D eigenvalue weighted by Crippen LogP contribution is -2.47. The quantitative estimate of drug-likeness (QED) is 0.897. The van der Waals surface area contributed by atoms with Gasteiger partial charge in [-0.3, -0.25) is 0 Å². The molecule has 1 amide bonds. The molecule has 2 rings (SSSR count). The van der Waals surface area contributed by atoms with E-state index in [1.54, 1.807) is 18.9 Å². The van der Waals surface area contributed by atoms with Crippen LogP contribution >= 0.6 is 11.3 Å². The van der Waals surface area contributed by atoms with Crippen LogP contribution in [0.1, 0.15) is 49.0 Å². The molecule has 8 heteroatoms. The van der Waals surface area contributed by atoms with Crippen molar-refractivity contribution in [2.45, 2.75) is 52.2 Å². The number of aromatic carboxylic acids is 1. The first-order valence-electron chi connectivity index (χ1n) is 8.00. The maximum atomic E-state index is 12.1. The minimum atomic E-state index is -0.934. The van der Waals surface area contributed by atoms with Crippen LogP contribution in [0.3, 0.4) is 0 Å². The van der Waals surface area contributed by atoms with Crippen molar-refractivity contribution in [2.24, 2.45) is 0 Å². The van der Waals surface area contributed by atoms with Crippen molar-refractivity contribution in [1.82, 2.24) is 9.88 Å². The normalized spacial score (nSPS) is 16.1. The van der Waals surface area contributed by atoms with E-state index in [2.05, 4.69) is 9.88 Å². The summed E-state index contributed by atoms with van der Waals surface area (Å²) < 4.78 is 5.41. The highest BCUT2D eigenvalue weighted by Gasteiger charge is 2.29. The number of piperidine rings is 1. The van der Waals surface area contributed by atoms with Gasteiger partial charge >= 0.3 is 12.1 Å². The summed E-state index contributed by atoms with van der Waals surface area (Å²) in [5, 5.41) is 9.88. The molecule has 0 radical (unpaired) electrons. The van der Waals surface area contributed by atoms with Crippen LogP contribution in [0.25, 0.3) is 0 Å². The number of nitrogens with zero attached hydrogens (tertiary/aromatic N) is 3. The number of carbonyl (C=O) groups is 2. The van der Waals surface area contributed by atoms with Crippen molar-refractivity contribution in [1.29, 1.82) is 0 Å². The van der Waals surface area contributed by atoms with Crippen LogP contribution in [-0.4, -0.2) is 58.8 Å². The molecule has 0 saturated carbocycles. The number of carbonyl (C=O) groups excluding carboxylic acids is 1. The van der Waals surface area contributed by atoms with Gasteiger partial charge in [-0.2, -0.15) is 0 Å².